The van der Waals surface area contributed by atoms with E-state index < -0.39 is 0 Å². The predicted octanol–water partition coefficient (Wildman–Crippen LogP) is 4.38. The van der Waals surface area contributed by atoms with Crippen molar-refractivity contribution in [3.8, 4) is 11.4 Å². The van der Waals surface area contributed by atoms with Gasteiger partial charge in [0, 0.05) is 21.8 Å². The number of hydrogen-bond donors (Lipinski definition) is 1. The molecule has 0 bridgehead atoms. The fourth-order valence-electron chi connectivity index (χ4n) is 2.66. The maximum absolute atomic E-state index is 5.91. The minimum atomic E-state index is 0.581. The maximum atomic E-state index is 5.91. The summed E-state index contributed by atoms with van der Waals surface area (Å²) in [5.74, 6) is 1.02. The van der Waals surface area contributed by atoms with Crippen molar-refractivity contribution in [2.45, 2.75) is 18.9 Å². The Kier molecular flexibility index (Phi) is 2.60. The van der Waals surface area contributed by atoms with Crippen molar-refractivity contribution >= 4 is 32.7 Å². The summed E-state index contributed by atoms with van der Waals surface area (Å²) in [7, 11) is 0. The molecule has 3 aromatic rings. The van der Waals surface area contributed by atoms with Crippen LogP contribution in [-0.2, 0) is 0 Å². The molecule has 0 atom stereocenters. The van der Waals surface area contributed by atoms with Crippen LogP contribution >= 0.6 is 15.9 Å². The fraction of sp³-hybridized carbons (Fsp3) is 0.188. The highest BCUT2D eigenvalue weighted by molar-refractivity contribution is 9.10. The molecular formula is C16H14BrN3. The first-order valence-corrected chi connectivity index (χ1v) is 7.55. The number of anilines is 1. The Morgan fingerprint density at radius 2 is 2.00 bits per heavy atom. The zero-order chi connectivity index (χ0) is 13.7. The first-order valence-electron chi connectivity index (χ1n) is 6.76. The van der Waals surface area contributed by atoms with E-state index in [0.717, 1.165) is 27.1 Å². The summed E-state index contributed by atoms with van der Waals surface area (Å²) in [5, 5.41) is 0. The molecule has 4 rings (SSSR count). The number of aromatic nitrogens is 2. The summed E-state index contributed by atoms with van der Waals surface area (Å²) >= 11 is 3.52. The standard InChI is InChI=1S/C16H14BrN3/c17-11-4-7-15-14(9-11)19-16(20(15)13-5-6-13)10-2-1-3-12(18)8-10/h1-4,7-9,13H,5-6,18H2. The van der Waals surface area contributed by atoms with Gasteiger partial charge in [-0.2, -0.15) is 0 Å². The van der Waals surface area contributed by atoms with E-state index >= 15 is 0 Å². The van der Waals surface area contributed by atoms with Crippen molar-refractivity contribution in [1.29, 1.82) is 0 Å². The van der Waals surface area contributed by atoms with Gasteiger partial charge in [-0.05, 0) is 43.2 Å². The van der Waals surface area contributed by atoms with Crippen LogP contribution in [0.3, 0.4) is 0 Å². The van der Waals surface area contributed by atoms with Crippen LogP contribution in [-0.4, -0.2) is 9.55 Å². The largest absolute Gasteiger partial charge is 0.399 e. The quantitative estimate of drug-likeness (QED) is 0.709. The van der Waals surface area contributed by atoms with Gasteiger partial charge in [-0.15, -0.1) is 0 Å². The van der Waals surface area contributed by atoms with Gasteiger partial charge in [0.1, 0.15) is 5.82 Å². The van der Waals surface area contributed by atoms with E-state index in [1.807, 2.05) is 18.2 Å². The van der Waals surface area contributed by atoms with Gasteiger partial charge in [0.05, 0.1) is 11.0 Å². The summed E-state index contributed by atoms with van der Waals surface area (Å²) in [6.07, 6.45) is 2.47. The number of nitrogen functional groups attached to an aromatic ring is 1. The van der Waals surface area contributed by atoms with Gasteiger partial charge >= 0.3 is 0 Å². The van der Waals surface area contributed by atoms with Crippen LogP contribution in [0.1, 0.15) is 18.9 Å². The number of nitrogens with two attached hydrogens (primary N) is 1. The van der Waals surface area contributed by atoms with Gasteiger partial charge < -0.3 is 10.3 Å². The Hall–Kier alpha value is -1.81. The minimum Gasteiger partial charge on any atom is -0.399 e. The van der Waals surface area contributed by atoms with E-state index in [0.29, 0.717) is 6.04 Å². The van der Waals surface area contributed by atoms with Crippen LogP contribution in [0.5, 0.6) is 0 Å². The average molecular weight is 328 g/mol. The molecule has 4 heteroatoms. The maximum Gasteiger partial charge on any atom is 0.141 e. The monoisotopic (exact) mass is 327 g/mol. The SMILES string of the molecule is Nc1cccc(-c2nc3cc(Br)ccc3n2C2CC2)c1. The first kappa shape index (κ1) is 12.0. The van der Waals surface area contributed by atoms with Crippen LogP contribution in [0.4, 0.5) is 5.69 Å². The van der Waals surface area contributed by atoms with Gasteiger partial charge in [-0.3, -0.25) is 0 Å². The highest BCUT2D eigenvalue weighted by atomic mass is 79.9. The third-order valence-corrected chi connectivity index (χ3v) is 4.20. The summed E-state index contributed by atoms with van der Waals surface area (Å²) in [4.78, 5) is 4.82. The molecule has 2 N–H and O–H groups in total. The van der Waals surface area contributed by atoms with E-state index in [9.17, 15) is 0 Å². The topological polar surface area (TPSA) is 43.8 Å². The van der Waals surface area contributed by atoms with Crippen LogP contribution in [0, 0.1) is 0 Å². The van der Waals surface area contributed by atoms with Gasteiger partial charge in [0.2, 0.25) is 0 Å². The molecule has 0 radical (unpaired) electrons. The molecule has 1 saturated carbocycles. The van der Waals surface area contributed by atoms with Gasteiger partial charge in [-0.25, -0.2) is 4.98 Å². The number of benzene rings is 2. The zero-order valence-corrected chi connectivity index (χ0v) is 12.5. The average Bonchev–Trinajstić information content (AvgIpc) is 3.19. The first-order chi connectivity index (χ1) is 9.72. The summed E-state index contributed by atoms with van der Waals surface area (Å²) in [5.41, 5.74) is 10.0. The molecule has 100 valence electrons. The third kappa shape index (κ3) is 1.91. The molecule has 1 aliphatic rings. The lowest BCUT2D eigenvalue weighted by Gasteiger charge is -2.08. The Morgan fingerprint density at radius 1 is 1.15 bits per heavy atom. The van der Waals surface area contributed by atoms with Crippen LogP contribution < -0.4 is 5.73 Å². The highest BCUT2D eigenvalue weighted by Gasteiger charge is 2.28. The van der Waals surface area contributed by atoms with Crippen LogP contribution in [0.2, 0.25) is 0 Å². The number of nitrogens with zero attached hydrogens (tertiary/aromatic N) is 2. The van der Waals surface area contributed by atoms with E-state index in [4.69, 9.17) is 10.7 Å². The number of halogens is 1. The lowest BCUT2D eigenvalue weighted by molar-refractivity contribution is 0.775. The van der Waals surface area contributed by atoms with Crippen molar-refractivity contribution in [2.24, 2.45) is 0 Å². The summed E-state index contributed by atoms with van der Waals surface area (Å²) in [6.45, 7) is 0. The highest BCUT2D eigenvalue weighted by Crippen LogP contribution is 2.41. The minimum absolute atomic E-state index is 0.581. The molecule has 1 aliphatic carbocycles. The van der Waals surface area contributed by atoms with Crippen molar-refractivity contribution in [2.75, 3.05) is 5.73 Å². The van der Waals surface area contributed by atoms with Crippen LogP contribution in [0.25, 0.3) is 22.4 Å². The molecular weight excluding hydrogens is 314 g/mol. The van der Waals surface area contributed by atoms with Gasteiger partial charge in [0.25, 0.3) is 0 Å². The molecule has 1 fully saturated rings. The van der Waals surface area contributed by atoms with Gasteiger partial charge in [0.15, 0.2) is 0 Å². The molecule has 0 unspecified atom stereocenters. The Labute approximate surface area is 125 Å². The van der Waals surface area contributed by atoms with E-state index in [1.54, 1.807) is 0 Å². The Morgan fingerprint density at radius 3 is 2.75 bits per heavy atom. The van der Waals surface area contributed by atoms with Crippen molar-refractivity contribution in [3.05, 3.63) is 46.9 Å². The second-order valence-electron chi connectivity index (χ2n) is 5.30. The second kappa shape index (κ2) is 4.35. The van der Waals surface area contributed by atoms with E-state index in [-0.39, 0.29) is 0 Å². The lowest BCUT2D eigenvalue weighted by Crippen LogP contribution is -1.97. The predicted molar refractivity (Wildman–Crippen MR) is 85.6 cm³/mol. The number of rotatable bonds is 2. The smallest absolute Gasteiger partial charge is 0.141 e. The van der Waals surface area contributed by atoms with Crippen molar-refractivity contribution in [3.63, 3.8) is 0 Å². The Balaban J connectivity index is 2.00. The van der Waals surface area contributed by atoms with Crippen molar-refractivity contribution < 1.29 is 0 Å². The number of hydrogen-bond acceptors (Lipinski definition) is 2. The van der Waals surface area contributed by atoms with E-state index in [1.165, 1.54) is 18.4 Å². The molecule has 1 aromatic heterocycles. The fourth-order valence-corrected chi connectivity index (χ4v) is 3.00. The van der Waals surface area contributed by atoms with E-state index in [2.05, 4.69) is 44.8 Å². The molecule has 0 aliphatic heterocycles. The molecule has 0 amide bonds. The third-order valence-electron chi connectivity index (χ3n) is 3.71. The van der Waals surface area contributed by atoms with Gasteiger partial charge in [-0.1, -0.05) is 28.1 Å². The second-order valence-corrected chi connectivity index (χ2v) is 6.21. The molecule has 2 aromatic carbocycles. The van der Waals surface area contributed by atoms with Crippen LogP contribution in [0.15, 0.2) is 46.9 Å². The molecule has 3 nitrogen and oxygen atoms in total. The zero-order valence-electron chi connectivity index (χ0n) is 10.9. The van der Waals surface area contributed by atoms with Crippen molar-refractivity contribution in [1.82, 2.24) is 9.55 Å². The molecule has 20 heavy (non-hydrogen) atoms. The lowest BCUT2D eigenvalue weighted by atomic mass is 10.2. The Bertz CT molecular complexity index is 803. The number of fused-ring (bicyclic) bond motifs is 1. The molecule has 0 saturated heterocycles. The summed E-state index contributed by atoms with van der Waals surface area (Å²) < 4.78 is 3.42. The molecule has 1 heterocycles. The molecule has 0 spiro atoms. The normalized spacial score (nSPS) is 14.8. The summed E-state index contributed by atoms with van der Waals surface area (Å²) in [6, 6.07) is 14.8. The number of imidazole rings is 1.